The number of rotatable bonds is 15. The third-order valence-corrected chi connectivity index (χ3v) is 11.5. The first-order valence-corrected chi connectivity index (χ1v) is 25.9. The molecule has 87 heavy (non-hydrogen) atoms. The first-order chi connectivity index (χ1) is 40.4. The van der Waals surface area contributed by atoms with E-state index in [1.165, 1.54) is 78.4 Å². The molecule has 0 aliphatic heterocycles. The average Bonchev–Trinajstić information content (AvgIpc) is 2.55. The number of alkyl halides is 12. The quantitative estimate of drug-likeness (QED) is 0.0872. The summed E-state index contributed by atoms with van der Waals surface area (Å²) in [4.78, 5) is 0. The third kappa shape index (κ3) is 27.8. The number of aryl methyl sites for hydroxylation is 2. The van der Waals surface area contributed by atoms with E-state index < -0.39 is 66.0 Å². The van der Waals surface area contributed by atoms with E-state index in [0.29, 0.717) is 37.9 Å². The van der Waals surface area contributed by atoms with Gasteiger partial charge in [0.15, 0.2) is 34.8 Å². The van der Waals surface area contributed by atoms with Crippen LogP contribution in [0.2, 0.25) is 0 Å². The summed E-state index contributed by atoms with van der Waals surface area (Å²) in [7, 11) is 0. The van der Waals surface area contributed by atoms with Crippen molar-refractivity contribution in [3.8, 4) is 56.8 Å². The van der Waals surface area contributed by atoms with Crippen LogP contribution in [0.15, 0.2) is 174 Å². The smallest absolute Gasteiger partial charge is 0.503 e. The number of hydrogen-bond donors (Lipinski definition) is 3. The van der Waals surface area contributed by atoms with Crippen molar-refractivity contribution < 1.29 is 109 Å². The molecule has 0 saturated carbocycles. The van der Waals surface area contributed by atoms with Crippen LogP contribution in [-0.2, 0) is 32.7 Å². The van der Waals surface area contributed by atoms with Crippen molar-refractivity contribution in [3.63, 3.8) is 0 Å². The van der Waals surface area contributed by atoms with Gasteiger partial charge in [-0.1, -0.05) is 135 Å². The summed E-state index contributed by atoms with van der Waals surface area (Å²) < 4.78 is 217. The molecule has 8 rings (SSSR count). The first kappa shape index (κ1) is 73.1. The predicted molar refractivity (Wildman–Crippen MR) is 296 cm³/mol. The monoisotopic (exact) mass is 1310 g/mol. The maximum Gasteiger partial charge on any atom is 0.573 e. The summed E-state index contributed by atoms with van der Waals surface area (Å²) in [5, 5.41) is 26.2. The Morgan fingerprint density at radius 3 is 0.908 bits per heavy atom. The van der Waals surface area contributed by atoms with Crippen LogP contribution in [0, 0.1) is 23.3 Å². The molecule has 0 unspecified atom stereocenters. The van der Waals surface area contributed by atoms with Crippen molar-refractivity contribution in [2.45, 2.75) is 92.2 Å². The van der Waals surface area contributed by atoms with Gasteiger partial charge < -0.3 is 39.0 Å². The van der Waals surface area contributed by atoms with Gasteiger partial charge >= 0.3 is 25.4 Å². The third-order valence-electron chi connectivity index (χ3n) is 10.9. The van der Waals surface area contributed by atoms with Gasteiger partial charge in [0.05, 0.1) is 13.2 Å². The molecule has 8 aromatic rings. The van der Waals surface area contributed by atoms with Gasteiger partial charge in [0.2, 0.25) is 0 Å². The Bertz CT molecular complexity index is 3180. The average molecular weight is 1310 g/mol. The number of hydrogen-bond acceptors (Lipinski definition) is 8. The molecule has 0 fully saturated rings. The molecule has 8 aromatic carbocycles. The highest BCUT2D eigenvalue weighted by Gasteiger charge is 2.33. The molecule has 0 spiro atoms. The molecule has 8 nitrogen and oxygen atoms in total. The number of aliphatic hydroxyl groups is 2. The number of halogens is 17. The zero-order chi connectivity index (χ0) is 63.8. The van der Waals surface area contributed by atoms with Crippen molar-refractivity contribution in [3.05, 3.63) is 225 Å². The van der Waals surface area contributed by atoms with E-state index in [-0.39, 0.29) is 44.5 Å². The van der Waals surface area contributed by atoms with Crippen molar-refractivity contribution >= 4 is 15.9 Å². The van der Waals surface area contributed by atoms with Crippen molar-refractivity contribution in [2.24, 2.45) is 0 Å². The Hall–Kier alpha value is -8.16. The lowest BCUT2D eigenvalue weighted by Crippen LogP contribution is -2.17. The van der Waals surface area contributed by atoms with Gasteiger partial charge in [0.25, 0.3) is 0 Å². The minimum atomic E-state index is -4.79. The molecule has 0 bridgehead atoms. The summed E-state index contributed by atoms with van der Waals surface area (Å²) >= 11 is 3.09. The zero-order valence-electron chi connectivity index (χ0n) is 44.9. The minimum absolute atomic E-state index is 0. The van der Waals surface area contributed by atoms with Gasteiger partial charge in [-0.15, -0.1) is 52.7 Å². The van der Waals surface area contributed by atoms with Gasteiger partial charge in [0.1, 0.15) is 29.6 Å². The molecule has 0 aromatic heterocycles. The summed E-state index contributed by atoms with van der Waals surface area (Å²) in [5.41, 5.74) is 6.06. The van der Waals surface area contributed by atoms with E-state index in [0.717, 1.165) is 85.3 Å². The summed E-state index contributed by atoms with van der Waals surface area (Å²) in [6.45, 7) is 3.55. The summed E-state index contributed by atoms with van der Waals surface area (Å²) in [6, 6.07) is 40.0. The second-order valence-electron chi connectivity index (χ2n) is 17.6. The topological polar surface area (TPSA) is 107 Å². The fraction of sp³-hybridized carbons (Fsp3) is 0.226. The second-order valence-corrected chi connectivity index (χ2v) is 18.5. The van der Waals surface area contributed by atoms with E-state index in [1.807, 2.05) is 48.5 Å². The Morgan fingerprint density at radius 1 is 0.368 bits per heavy atom. The van der Waals surface area contributed by atoms with Gasteiger partial charge in [-0.2, -0.15) is 0 Å². The standard InChI is InChI=1S/C23H19F5O2.C15H14F2O.2C8H7F3O2.C7H4BrF3O.CH4/c1-2-3-15-4-8-17(9-5-15)18-12-20(24)22(21(25)13-18)29-14-16-6-10-19(11-7-16)30-23(26,27)28;1-2-3-10-4-6-11(7-5-10)12-8-13(16)15(18)14(17)9-12;2*9-8(10,11)13-7-3-1-6(5-12)2-4-7;8-5-1-3-6(4-2-5)12-7(9,10)11;/h4-13H,2-3,14H2,1H3;4-9,18H,2-3H2,1H3;2*1-4,12H,5H2;1-4H;1H4. The SMILES string of the molecule is C.CCCc1ccc(-c2cc(F)c(O)c(F)c2)cc1.CCCc1ccc(-c2cc(F)c(OCc3ccc(OC(F)(F)F)cc3)c(F)c2)cc1.FC(F)(F)Oc1ccc(Br)cc1.OCc1ccc(OC(F)(F)F)cc1.OCc1ccc(OC(F)(F)F)cc1. The van der Waals surface area contributed by atoms with E-state index >= 15 is 0 Å². The zero-order valence-corrected chi connectivity index (χ0v) is 46.5. The lowest BCUT2D eigenvalue weighted by atomic mass is 10.0. The van der Waals surface area contributed by atoms with Crippen molar-refractivity contribution in [1.29, 1.82) is 0 Å². The van der Waals surface area contributed by atoms with E-state index in [4.69, 9.17) is 20.1 Å². The largest absolute Gasteiger partial charge is 0.573 e. The molecule has 0 saturated heterocycles. The van der Waals surface area contributed by atoms with E-state index in [1.54, 1.807) is 0 Å². The Kier molecular flexibility index (Phi) is 28.8. The number of aliphatic hydroxyl groups excluding tert-OH is 2. The lowest BCUT2D eigenvalue weighted by molar-refractivity contribution is -0.275. The molecule has 0 radical (unpaired) electrons. The predicted octanol–water partition coefficient (Wildman–Crippen LogP) is 19.5. The van der Waals surface area contributed by atoms with Crippen molar-refractivity contribution in [1.82, 2.24) is 0 Å². The summed E-state index contributed by atoms with van der Waals surface area (Å²) in [5.74, 6) is -6.26. The Balaban J connectivity index is 0.000000300. The van der Waals surface area contributed by atoms with Gasteiger partial charge in [-0.25, -0.2) is 17.6 Å². The van der Waals surface area contributed by atoms with Crippen LogP contribution in [0.1, 0.15) is 61.9 Å². The number of benzene rings is 8. The summed E-state index contributed by atoms with van der Waals surface area (Å²) in [6.07, 6.45) is -14.8. The van der Waals surface area contributed by atoms with Crippen LogP contribution in [0.3, 0.4) is 0 Å². The fourth-order valence-corrected chi connectivity index (χ4v) is 7.34. The molecular weight excluding hydrogens is 1260 g/mol. The maximum absolute atomic E-state index is 14.4. The molecular formula is C62H55BrF16O8. The highest BCUT2D eigenvalue weighted by Crippen LogP contribution is 2.33. The fourth-order valence-electron chi connectivity index (χ4n) is 7.07. The molecule has 0 heterocycles. The maximum atomic E-state index is 14.4. The number of phenols is 1. The van der Waals surface area contributed by atoms with Gasteiger partial charge in [-0.05, 0) is 148 Å². The molecule has 3 N–H and O–H groups in total. The van der Waals surface area contributed by atoms with Gasteiger partial charge in [-0.3, -0.25) is 0 Å². The van der Waals surface area contributed by atoms with Crippen LogP contribution >= 0.6 is 15.9 Å². The molecule has 25 heteroatoms. The Labute approximate surface area is 497 Å². The highest BCUT2D eigenvalue weighted by molar-refractivity contribution is 9.10. The number of phenolic OH excluding ortho intramolecular Hbond substituents is 1. The Morgan fingerprint density at radius 2 is 0.632 bits per heavy atom. The van der Waals surface area contributed by atoms with Crippen LogP contribution < -0.4 is 23.7 Å². The van der Waals surface area contributed by atoms with E-state index in [2.05, 4.69) is 48.7 Å². The van der Waals surface area contributed by atoms with Gasteiger partial charge in [0, 0.05) is 4.47 Å². The van der Waals surface area contributed by atoms with Crippen LogP contribution in [0.25, 0.3) is 22.3 Å². The normalized spacial score (nSPS) is 11.1. The molecule has 470 valence electrons. The van der Waals surface area contributed by atoms with Crippen LogP contribution in [0.5, 0.6) is 34.5 Å². The molecule has 0 aliphatic carbocycles. The highest BCUT2D eigenvalue weighted by atomic mass is 79.9. The lowest BCUT2D eigenvalue weighted by Gasteiger charge is -2.12. The molecule has 0 amide bonds. The van der Waals surface area contributed by atoms with Crippen LogP contribution in [0.4, 0.5) is 70.2 Å². The van der Waals surface area contributed by atoms with E-state index in [9.17, 15) is 70.2 Å². The minimum Gasteiger partial charge on any atom is -0.503 e. The molecule has 0 aliphatic rings. The number of aromatic hydroxyl groups is 1. The second kappa shape index (κ2) is 34.2. The van der Waals surface area contributed by atoms with Crippen LogP contribution in [-0.4, -0.2) is 40.8 Å². The first-order valence-electron chi connectivity index (χ1n) is 25.1. The van der Waals surface area contributed by atoms with Crippen molar-refractivity contribution in [2.75, 3.05) is 0 Å². The number of ether oxygens (including phenoxy) is 5. The molecule has 0 atom stereocenters.